The maximum absolute atomic E-state index is 13.6. The fourth-order valence-corrected chi connectivity index (χ4v) is 4.22. The molecular weight excluding hydrogens is 382 g/mol. The standard InChI is InChI=1S/C22H27N5O3/c1-12(2)27-21-17(11-24-27)16(10-18(25-21)15-9-13(3)30-14(15)4)22(29)26-8-6-5-7-19(26)20(23)28/h9-12,19H,5-8H2,1-4H3,(H2,23,28). The van der Waals surface area contributed by atoms with Crippen molar-refractivity contribution in [1.29, 1.82) is 0 Å². The molecule has 30 heavy (non-hydrogen) atoms. The van der Waals surface area contributed by atoms with Crippen LogP contribution < -0.4 is 5.73 Å². The van der Waals surface area contributed by atoms with Crippen LogP contribution in [0, 0.1) is 13.8 Å². The molecule has 1 unspecified atom stereocenters. The highest BCUT2D eigenvalue weighted by Gasteiger charge is 2.33. The zero-order valence-corrected chi connectivity index (χ0v) is 17.8. The number of pyridine rings is 1. The highest BCUT2D eigenvalue weighted by Crippen LogP contribution is 2.31. The number of nitrogens with two attached hydrogens (primary N) is 1. The van der Waals surface area contributed by atoms with Crippen molar-refractivity contribution >= 4 is 22.8 Å². The molecule has 0 aromatic carbocycles. The predicted octanol–water partition coefficient (Wildman–Crippen LogP) is 3.37. The van der Waals surface area contributed by atoms with Crippen LogP contribution in [0.3, 0.4) is 0 Å². The van der Waals surface area contributed by atoms with Crippen molar-refractivity contribution in [2.45, 2.75) is 59.0 Å². The van der Waals surface area contributed by atoms with Crippen LogP contribution in [0.4, 0.5) is 0 Å². The van der Waals surface area contributed by atoms with E-state index in [1.54, 1.807) is 21.8 Å². The topological polar surface area (TPSA) is 107 Å². The summed E-state index contributed by atoms with van der Waals surface area (Å²) in [5, 5.41) is 5.14. The fraction of sp³-hybridized carbons (Fsp3) is 0.455. The summed E-state index contributed by atoms with van der Waals surface area (Å²) in [6.07, 6.45) is 4.00. The van der Waals surface area contributed by atoms with Gasteiger partial charge in [0.05, 0.1) is 22.8 Å². The Morgan fingerprint density at radius 2 is 2.00 bits per heavy atom. The third-order valence-corrected chi connectivity index (χ3v) is 5.70. The second kappa shape index (κ2) is 7.59. The van der Waals surface area contributed by atoms with Gasteiger partial charge in [0.1, 0.15) is 17.6 Å². The first-order chi connectivity index (χ1) is 14.3. The number of hydrogen-bond donors (Lipinski definition) is 1. The molecule has 1 atom stereocenters. The molecule has 8 heteroatoms. The van der Waals surface area contributed by atoms with Gasteiger partial charge in [-0.2, -0.15) is 5.10 Å². The van der Waals surface area contributed by atoms with Crippen LogP contribution in [-0.4, -0.2) is 44.1 Å². The third kappa shape index (κ3) is 3.36. The lowest BCUT2D eigenvalue weighted by atomic mass is 9.99. The minimum atomic E-state index is -0.587. The smallest absolute Gasteiger partial charge is 0.255 e. The van der Waals surface area contributed by atoms with E-state index in [4.69, 9.17) is 15.1 Å². The van der Waals surface area contributed by atoms with Crippen LogP contribution in [0.5, 0.6) is 0 Å². The highest BCUT2D eigenvalue weighted by molar-refractivity contribution is 6.07. The van der Waals surface area contributed by atoms with Gasteiger partial charge in [-0.05, 0) is 59.1 Å². The van der Waals surface area contributed by atoms with E-state index in [-0.39, 0.29) is 11.9 Å². The summed E-state index contributed by atoms with van der Waals surface area (Å²) in [5.74, 6) is 0.835. The molecule has 0 saturated carbocycles. The largest absolute Gasteiger partial charge is 0.466 e. The molecule has 1 aliphatic heterocycles. The summed E-state index contributed by atoms with van der Waals surface area (Å²) in [6.45, 7) is 8.30. The normalized spacial score (nSPS) is 17.1. The van der Waals surface area contributed by atoms with Gasteiger partial charge in [0.25, 0.3) is 5.91 Å². The van der Waals surface area contributed by atoms with Gasteiger partial charge in [0.15, 0.2) is 5.65 Å². The summed E-state index contributed by atoms with van der Waals surface area (Å²) in [5.41, 5.74) is 8.20. The van der Waals surface area contributed by atoms with Gasteiger partial charge in [-0.3, -0.25) is 9.59 Å². The molecule has 3 aromatic heterocycles. The molecule has 1 fully saturated rings. The van der Waals surface area contributed by atoms with Crippen molar-refractivity contribution in [2.24, 2.45) is 5.73 Å². The number of carbonyl (C=O) groups is 2. The van der Waals surface area contributed by atoms with Crippen molar-refractivity contribution < 1.29 is 14.0 Å². The average Bonchev–Trinajstić information content (AvgIpc) is 3.29. The molecule has 1 saturated heterocycles. The van der Waals surface area contributed by atoms with Crippen molar-refractivity contribution in [3.8, 4) is 11.3 Å². The van der Waals surface area contributed by atoms with E-state index in [0.29, 0.717) is 35.3 Å². The molecule has 0 radical (unpaired) electrons. The Morgan fingerprint density at radius 3 is 2.63 bits per heavy atom. The number of fused-ring (bicyclic) bond motifs is 1. The molecule has 0 aliphatic carbocycles. The molecule has 3 aromatic rings. The summed E-state index contributed by atoms with van der Waals surface area (Å²) in [4.78, 5) is 32.0. The predicted molar refractivity (Wildman–Crippen MR) is 113 cm³/mol. The van der Waals surface area contributed by atoms with E-state index in [2.05, 4.69) is 5.10 Å². The van der Waals surface area contributed by atoms with Crippen LogP contribution in [-0.2, 0) is 4.79 Å². The van der Waals surface area contributed by atoms with Crippen molar-refractivity contribution in [1.82, 2.24) is 19.7 Å². The van der Waals surface area contributed by atoms with E-state index in [1.807, 2.05) is 33.8 Å². The lowest BCUT2D eigenvalue weighted by Gasteiger charge is -2.33. The second-order valence-electron chi connectivity index (χ2n) is 8.21. The molecule has 0 bridgehead atoms. The fourth-order valence-electron chi connectivity index (χ4n) is 4.22. The van der Waals surface area contributed by atoms with Crippen molar-refractivity contribution in [3.05, 3.63) is 35.4 Å². The molecular formula is C22H27N5O3. The first kappa shape index (κ1) is 20.1. The second-order valence-corrected chi connectivity index (χ2v) is 8.21. The van der Waals surface area contributed by atoms with Gasteiger partial charge in [0.2, 0.25) is 5.91 Å². The van der Waals surface area contributed by atoms with E-state index in [0.717, 1.165) is 29.9 Å². The summed E-state index contributed by atoms with van der Waals surface area (Å²) >= 11 is 0. The van der Waals surface area contributed by atoms with Crippen LogP contribution >= 0.6 is 0 Å². The number of likely N-dealkylation sites (tertiary alicyclic amines) is 1. The molecule has 2 N–H and O–H groups in total. The first-order valence-electron chi connectivity index (χ1n) is 10.3. The number of piperidine rings is 1. The maximum atomic E-state index is 13.6. The average molecular weight is 409 g/mol. The molecule has 2 amide bonds. The Labute approximate surface area is 175 Å². The SMILES string of the molecule is Cc1cc(-c2cc(C(=O)N3CCCCC3C(N)=O)c3cnn(C(C)C)c3n2)c(C)o1. The van der Waals surface area contributed by atoms with Gasteiger partial charge in [-0.1, -0.05) is 0 Å². The van der Waals surface area contributed by atoms with Gasteiger partial charge in [-0.25, -0.2) is 9.67 Å². The van der Waals surface area contributed by atoms with Crippen LogP contribution in [0.15, 0.2) is 22.7 Å². The number of aromatic nitrogens is 3. The number of hydrogen-bond acceptors (Lipinski definition) is 5. The minimum Gasteiger partial charge on any atom is -0.466 e. The van der Waals surface area contributed by atoms with Gasteiger partial charge in [0, 0.05) is 18.2 Å². The zero-order chi connectivity index (χ0) is 21.6. The number of amides is 2. The minimum absolute atomic E-state index is 0.0775. The van der Waals surface area contributed by atoms with Gasteiger partial charge < -0.3 is 15.1 Å². The molecule has 4 rings (SSSR count). The summed E-state index contributed by atoms with van der Waals surface area (Å²) in [6, 6.07) is 3.19. The first-order valence-corrected chi connectivity index (χ1v) is 10.3. The molecule has 8 nitrogen and oxygen atoms in total. The Balaban J connectivity index is 1.90. The Kier molecular flexibility index (Phi) is 5.09. The Hall–Kier alpha value is -3.16. The highest BCUT2D eigenvalue weighted by atomic mass is 16.3. The number of furan rings is 1. The number of aryl methyl sites for hydroxylation is 2. The van der Waals surface area contributed by atoms with Crippen LogP contribution in [0.2, 0.25) is 0 Å². The summed E-state index contributed by atoms with van der Waals surface area (Å²) in [7, 11) is 0. The Bertz CT molecular complexity index is 1130. The van der Waals surface area contributed by atoms with Crippen LogP contribution in [0.1, 0.15) is 61.0 Å². The zero-order valence-electron chi connectivity index (χ0n) is 17.8. The molecule has 4 heterocycles. The lowest BCUT2D eigenvalue weighted by molar-refractivity contribution is -0.123. The van der Waals surface area contributed by atoms with Crippen molar-refractivity contribution in [2.75, 3.05) is 6.54 Å². The Morgan fingerprint density at radius 1 is 1.23 bits per heavy atom. The number of rotatable bonds is 4. The molecule has 1 aliphatic rings. The quantitative estimate of drug-likeness (QED) is 0.711. The monoisotopic (exact) mass is 409 g/mol. The summed E-state index contributed by atoms with van der Waals surface area (Å²) < 4.78 is 7.49. The van der Waals surface area contributed by atoms with E-state index >= 15 is 0 Å². The van der Waals surface area contributed by atoms with Gasteiger partial charge in [-0.15, -0.1) is 0 Å². The van der Waals surface area contributed by atoms with Crippen LogP contribution in [0.25, 0.3) is 22.3 Å². The molecule has 158 valence electrons. The van der Waals surface area contributed by atoms with E-state index in [9.17, 15) is 9.59 Å². The number of carbonyl (C=O) groups excluding carboxylic acids is 2. The lowest BCUT2D eigenvalue weighted by Crippen LogP contribution is -2.50. The maximum Gasteiger partial charge on any atom is 0.255 e. The van der Waals surface area contributed by atoms with Gasteiger partial charge >= 0.3 is 0 Å². The van der Waals surface area contributed by atoms with E-state index in [1.165, 1.54) is 0 Å². The van der Waals surface area contributed by atoms with Crippen molar-refractivity contribution in [3.63, 3.8) is 0 Å². The number of nitrogens with zero attached hydrogens (tertiary/aromatic N) is 4. The van der Waals surface area contributed by atoms with E-state index < -0.39 is 11.9 Å². The molecule has 0 spiro atoms. The number of primary amides is 1. The third-order valence-electron chi connectivity index (χ3n) is 5.70.